The summed E-state index contributed by atoms with van der Waals surface area (Å²) in [6, 6.07) is 13.4. The molecular weight excluding hydrogens is 326 g/mol. The van der Waals surface area contributed by atoms with E-state index in [1.165, 1.54) is 18.2 Å². The molecule has 2 aromatic rings. The Balaban J connectivity index is 1.59. The van der Waals surface area contributed by atoms with E-state index in [9.17, 15) is 4.79 Å². The summed E-state index contributed by atoms with van der Waals surface area (Å²) in [5.41, 5.74) is 0.797. The van der Waals surface area contributed by atoms with Gasteiger partial charge in [-0.25, -0.2) is 0 Å². The Morgan fingerprint density at radius 3 is 2.70 bits per heavy atom. The lowest BCUT2D eigenvalue weighted by atomic mass is 10.2. The summed E-state index contributed by atoms with van der Waals surface area (Å²) in [6.45, 7) is 2.22. The minimum Gasteiger partial charge on any atom is -0.461 e. The van der Waals surface area contributed by atoms with Crippen molar-refractivity contribution >= 4 is 46.0 Å². The molecule has 116 valence electrons. The fraction of sp³-hybridized carbons (Fsp3) is 0.222. The number of amides is 1. The Kier molecular flexibility index (Phi) is 3.62. The van der Waals surface area contributed by atoms with E-state index in [-0.39, 0.29) is 5.91 Å². The van der Waals surface area contributed by atoms with Crippen LogP contribution in [0.2, 0.25) is 0 Å². The number of hydrogen-bond donors (Lipinski definition) is 0. The van der Waals surface area contributed by atoms with E-state index < -0.39 is 0 Å². The van der Waals surface area contributed by atoms with Gasteiger partial charge in [-0.15, -0.1) is 0 Å². The fourth-order valence-electron chi connectivity index (χ4n) is 2.76. The van der Waals surface area contributed by atoms with Crippen LogP contribution in [0, 0.1) is 5.92 Å². The van der Waals surface area contributed by atoms with Crippen molar-refractivity contribution in [1.29, 1.82) is 0 Å². The summed E-state index contributed by atoms with van der Waals surface area (Å²) in [6.07, 6.45) is 2.97. The van der Waals surface area contributed by atoms with Crippen molar-refractivity contribution in [2.75, 3.05) is 4.90 Å². The number of para-hydroxylation sites is 1. The highest BCUT2D eigenvalue weighted by molar-refractivity contribution is 8.27. The van der Waals surface area contributed by atoms with Crippen LogP contribution in [0.15, 0.2) is 51.8 Å². The van der Waals surface area contributed by atoms with Gasteiger partial charge in [0.1, 0.15) is 11.5 Å². The van der Waals surface area contributed by atoms with E-state index in [0.717, 1.165) is 11.4 Å². The average molecular weight is 341 g/mol. The van der Waals surface area contributed by atoms with Crippen molar-refractivity contribution in [1.82, 2.24) is 0 Å². The first-order valence-electron chi connectivity index (χ1n) is 7.56. The normalized spacial score (nSPS) is 25.4. The molecule has 1 saturated heterocycles. The molecule has 1 aliphatic heterocycles. The van der Waals surface area contributed by atoms with Crippen molar-refractivity contribution in [2.24, 2.45) is 5.92 Å². The number of rotatable bonds is 3. The highest BCUT2D eigenvalue weighted by Crippen LogP contribution is 2.47. The molecule has 2 fully saturated rings. The second-order valence-electron chi connectivity index (χ2n) is 5.91. The minimum absolute atomic E-state index is 0.0936. The number of anilines is 1. The first-order valence-corrected chi connectivity index (χ1v) is 8.78. The van der Waals surface area contributed by atoms with Gasteiger partial charge in [0.25, 0.3) is 5.91 Å². The average Bonchev–Trinajstić information content (AvgIpc) is 2.98. The number of benzene rings is 1. The van der Waals surface area contributed by atoms with E-state index >= 15 is 0 Å². The molecular formula is C18H15NO2S2. The van der Waals surface area contributed by atoms with E-state index in [2.05, 4.69) is 6.92 Å². The molecule has 23 heavy (non-hydrogen) atoms. The number of thiocarbonyl (C=S) groups is 1. The van der Waals surface area contributed by atoms with E-state index in [1.807, 2.05) is 42.5 Å². The Morgan fingerprint density at radius 2 is 2.00 bits per heavy atom. The number of thioether (sulfide) groups is 1. The molecule has 0 radical (unpaired) electrons. The minimum atomic E-state index is -0.0936. The lowest BCUT2D eigenvalue weighted by Gasteiger charge is -2.13. The molecule has 1 aromatic carbocycles. The summed E-state index contributed by atoms with van der Waals surface area (Å²) in [7, 11) is 0. The molecule has 5 heteroatoms. The van der Waals surface area contributed by atoms with Gasteiger partial charge >= 0.3 is 0 Å². The third-order valence-corrected chi connectivity index (χ3v) is 5.51. The van der Waals surface area contributed by atoms with Crippen molar-refractivity contribution in [3.8, 4) is 0 Å². The molecule has 1 saturated carbocycles. The summed E-state index contributed by atoms with van der Waals surface area (Å²) >= 11 is 6.68. The lowest BCUT2D eigenvalue weighted by Crippen LogP contribution is -2.27. The molecule has 2 heterocycles. The standard InChI is InChI=1S/C18H15NO2S2/c1-11-9-14(11)15-8-7-13(21-15)10-16-17(20)19(18(22)23-16)12-5-3-2-4-6-12/h2-8,10-11,14H,9H2,1H3/b16-10-/t11-,14+/m1/s1. The van der Waals surface area contributed by atoms with Gasteiger partial charge in [0, 0.05) is 12.0 Å². The maximum Gasteiger partial charge on any atom is 0.270 e. The first-order chi connectivity index (χ1) is 11.1. The van der Waals surface area contributed by atoms with Gasteiger partial charge in [0.05, 0.1) is 10.6 Å². The van der Waals surface area contributed by atoms with Crippen LogP contribution in [-0.4, -0.2) is 10.2 Å². The zero-order chi connectivity index (χ0) is 16.0. The Morgan fingerprint density at radius 1 is 1.26 bits per heavy atom. The molecule has 0 bridgehead atoms. The third-order valence-electron chi connectivity index (χ3n) is 4.20. The Labute approximate surface area is 144 Å². The molecule has 1 aromatic heterocycles. The zero-order valence-electron chi connectivity index (χ0n) is 12.6. The summed E-state index contributed by atoms with van der Waals surface area (Å²) in [4.78, 5) is 14.8. The van der Waals surface area contributed by atoms with Crippen LogP contribution in [0.1, 0.15) is 30.8 Å². The van der Waals surface area contributed by atoms with Crippen LogP contribution in [-0.2, 0) is 4.79 Å². The predicted octanol–water partition coefficient (Wildman–Crippen LogP) is 4.81. The summed E-state index contributed by atoms with van der Waals surface area (Å²) in [5, 5.41) is 0. The van der Waals surface area contributed by atoms with Crippen LogP contribution >= 0.6 is 24.0 Å². The second kappa shape index (κ2) is 5.65. The van der Waals surface area contributed by atoms with Gasteiger partial charge in [0.2, 0.25) is 0 Å². The molecule has 1 amide bonds. The smallest absolute Gasteiger partial charge is 0.270 e. The van der Waals surface area contributed by atoms with Crippen LogP contribution in [0.3, 0.4) is 0 Å². The number of hydrogen-bond acceptors (Lipinski definition) is 4. The molecule has 0 N–H and O–H groups in total. The van der Waals surface area contributed by atoms with E-state index in [1.54, 1.807) is 11.0 Å². The maximum absolute atomic E-state index is 12.6. The van der Waals surface area contributed by atoms with Crippen LogP contribution in [0.4, 0.5) is 5.69 Å². The molecule has 3 nitrogen and oxygen atoms in total. The van der Waals surface area contributed by atoms with Gasteiger partial charge < -0.3 is 4.42 Å². The summed E-state index contributed by atoms with van der Waals surface area (Å²) < 4.78 is 6.41. The number of furan rings is 1. The second-order valence-corrected chi connectivity index (χ2v) is 7.59. The van der Waals surface area contributed by atoms with Crippen molar-refractivity contribution < 1.29 is 9.21 Å². The quantitative estimate of drug-likeness (QED) is 0.593. The molecule has 2 atom stereocenters. The van der Waals surface area contributed by atoms with E-state index in [0.29, 0.717) is 26.8 Å². The topological polar surface area (TPSA) is 33.5 Å². The largest absolute Gasteiger partial charge is 0.461 e. The van der Waals surface area contributed by atoms with Crippen LogP contribution in [0.5, 0.6) is 0 Å². The molecule has 0 unspecified atom stereocenters. The maximum atomic E-state index is 12.6. The van der Waals surface area contributed by atoms with Crippen molar-refractivity contribution in [3.05, 3.63) is 58.9 Å². The Hall–Kier alpha value is -1.85. The summed E-state index contributed by atoms with van der Waals surface area (Å²) in [5.74, 6) is 2.88. The highest BCUT2D eigenvalue weighted by atomic mass is 32.2. The van der Waals surface area contributed by atoms with Gasteiger partial charge in [0.15, 0.2) is 4.32 Å². The monoisotopic (exact) mass is 341 g/mol. The van der Waals surface area contributed by atoms with Crippen LogP contribution in [0.25, 0.3) is 6.08 Å². The number of carbonyl (C=O) groups is 1. The molecule has 0 spiro atoms. The van der Waals surface area contributed by atoms with Gasteiger partial charge in [-0.05, 0) is 36.6 Å². The van der Waals surface area contributed by atoms with Gasteiger partial charge in [-0.3, -0.25) is 9.69 Å². The molecule has 1 aliphatic carbocycles. The SMILES string of the molecule is C[C@@H]1C[C@@H]1c1ccc(/C=C2\SC(=S)N(c3ccccc3)C2=O)o1. The van der Waals surface area contributed by atoms with Crippen molar-refractivity contribution in [2.45, 2.75) is 19.3 Å². The third kappa shape index (κ3) is 2.75. The van der Waals surface area contributed by atoms with Gasteiger partial charge in [-0.2, -0.15) is 0 Å². The number of carbonyl (C=O) groups excluding carboxylic acids is 1. The lowest BCUT2D eigenvalue weighted by molar-refractivity contribution is -0.113. The van der Waals surface area contributed by atoms with Crippen molar-refractivity contribution in [3.63, 3.8) is 0 Å². The predicted molar refractivity (Wildman–Crippen MR) is 97.3 cm³/mol. The molecule has 4 rings (SSSR count). The fourth-order valence-corrected chi connectivity index (χ4v) is 4.04. The highest BCUT2D eigenvalue weighted by Gasteiger charge is 2.37. The van der Waals surface area contributed by atoms with E-state index in [4.69, 9.17) is 16.6 Å². The first kappa shape index (κ1) is 14.7. The van der Waals surface area contributed by atoms with Crippen LogP contribution < -0.4 is 4.90 Å². The Bertz CT molecular complexity index is 809. The zero-order valence-corrected chi connectivity index (χ0v) is 14.2. The molecule has 2 aliphatic rings. The van der Waals surface area contributed by atoms with Gasteiger partial charge in [-0.1, -0.05) is 49.1 Å². The number of nitrogens with zero attached hydrogens (tertiary/aromatic N) is 1.